The third-order valence-corrected chi connectivity index (χ3v) is 7.74. The number of likely N-dealkylation sites (tertiary alicyclic amines) is 1. The standard InChI is InChI=1S/C19H27N3O3S.ClH/c1-13-6-7-14(19(23)22-11-15-9-20-10-16(15)12-22)8-18(13)26(24,25)21-17-4-2-3-5-17;/h6-8,15-17,20-21H,2-5,9-12H2,1H3;1H/t15-,16+;. The molecule has 0 aromatic heterocycles. The SMILES string of the molecule is Cc1ccc(C(=O)N2C[C@H]3CNC[C@H]3C2)cc1S(=O)(=O)NC1CCCC1.Cl. The van der Waals surface area contributed by atoms with E-state index in [1.54, 1.807) is 25.1 Å². The van der Waals surface area contributed by atoms with Crippen LogP contribution in [-0.4, -0.2) is 51.4 Å². The zero-order chi connectivity index (χ0) is 18.3. The van der Waals surface area contributed by atoms with E-state index in [9.17, 15) is 13.2 Å². The van der Waals surface area contributed by atoms with Crippen molar-refractivity contribution < 1.29 is 13.2 Å². The van der Waals surface area contributed by atoms with Gasteiger partial charge in [0.2, 0.25) is 10.0 Å². The lowest BCUT2D eigenvalue weighted by Crippen LogP contribution is -2.34. The highest BCUT2D eigenvalue weighted by molar-refractivity contribution is 7.89. The van der Waals surface area contributed by atoms with Crippen molar-refractivity contribution in [1.29, 1.82) is 0 Å². The van der Waals surface area contributed by atoms with Gasteiger partial charge in [0.25, 0.3) is 5.91 Å². The van der Waals surface area contributed by atoms with Gasteiger partial charge in [0.1, 0.15) is 0 Å². The van der Waals surface area contributed by atoms with Gasteiger partial charge in [-0.15, -0.1) is 12.4 Å². The number of sulfonamides is 1. The Bertz CT molecular complexity index is 796. The van der Waals surface area contributed by atoms with Crippen LogP contribution in [0.2, 0.25) is 0 Å². The maximum absolute atomic E-state index is 12.9. The minimum atomic E-state index is -3.60. The Morgan fingerprint density at radius 3 is 2.41 bits per heavy atom. The van der Waals surface area contributed by atoms with Crippen LogP contribution in [0.25, 0.3) is 0 Å². The molecular formula is C19H28ClN3O3S. The van der Waals surface area contributed by atoms with Gasteiger partial charge in [-0.2, -0.15) is 0 Å². The van der Waals surface area contributed by atoms with Crippen LogP contribution in [0.4, 0.5) is 0 Å². The van der Waals surface area contributed by atoms with Gasteiger partial charge in [0.05, 0.1) is 4.90 Å². The van der Waals surface area contributed by atoms with Crippen LogP contribution in [0.1, 0.15) is 41.6 Å². The van der Waals surface area contributed by atoms with E-state index in [1.165, 1.54) is 0 Å². The van der Waals surface area contributed by atoms with Gasteiger partial charge < -0.3 is 10.2 Å². The molecule has 6 nitrogen and oxygen atoms in total. The van der Waals surface area contributed by atoms with Crippen molar-refractivity contribution in [1.82, 2.24) is 14.9 Å². The second-order valence-electron chi connectivity index (χ2n) is 7.97. The van der Waals surface area contributed by atoms with Crippen molar-refractivity contribution in [2.45, 2.75) is 43.5 Å². The topological polar surface area (TPSA) is 78.5 Å². The third kappa shape index (κ3) is 4.16. The molecule has 1 aromatic rings. The molecule has 0 radical (unpaired) electrons. The van der Waals surface area contributed by atoms with E-state index < -0.39 is 10.0 Å². The summed E-state index contributed by atoms with van der Waals surface area (Å²) in [6.07, 6.45) is 3.91. The molecule has 3 fully saturated rings. The maximum atomic E-state index is 12.9. The first-order valence-corrected chi connectivity index (χ1v) is 11.1. The molecule has 4 rings (SSSR count). The average Bonchev–Trinajstić information content (AvgIpc) is 3.30. The summed E-state index contributed by atoms with van der Waals surface area (Å²) in [5, 5.41) is 3.37. The molecule has 2 saturated heterocycles. The highest BCUT2D eigenvalue weighted by Crippen LogP contribution is 2.28. The molecule has 2 aliphatic heterocycles. The van der Waals surface area contributed by atoms with E-state index in [-0.39, 0.29) is 29.3 Å². The van der Waals surface area contributed by atoms with Crippen LogP contribution in [0.3, 0.4) is 0 Å². The van der Waals surface area contributed by atoms with Gasteiger partial charge in [-0.05, 0) is 49.3 Å². The Balaban J connectivity index is 0.00000210. The van der Waals surface area contributed by atoms with Crippen molar-refractivity contribution in [2.24, 2.45) is 11.8 Å². The lowest BCUT2D eigenvalue weighted by atomic mass is 10.0. The number of hydrogen-bond acceptors (Lipinski definition) is 4. The molecule has 1 amide bonds. The summed E-state index contributed by atoms with van der Waals surface area (Å²) >= 11 is 0. The summed E-state index contributed by atoms with van der Waals surface area (Å²) in [5.41, 5.74) is 1.14. The smallest absolute Gasteiger partial charge is 0.253 e. The van der Waals surface area contributed by atoms with Crippen LogP contribution >= 0.6 is 12.4 Å². The zero-order valence-corrected chi connectivity index (χ0v) is 17.2. The van der Waals surface area contributed by atoms with Crippen LogP contribution in [0.15, 0.2) is 23.1 Å². The van der Waals surface area contributed by atoms with Crippen molar-refractivity contribution in [3.63, 3.8) is 0 Å². The molecule has 2 atom stereocenters. The summed E-state index contributed by atoms with van der Waals surface area (Å²) < 4.78 is 28.5. The largest absolute Gasteiger partial charge is 0.338 e. The summed E-state index contributed by atoms with van der Waals surface area (Å²) in [5.74, 6) is 0.991. The first-order chi connectivity index (χ1) is 12.4. The molecule has 27 heavy (non-hydrogen) atoms. The predicted molar refractivity (Wildman–Crippen MR) is 107 cm³/mol. The molecule has 0 bridgehead atoms. The molecule has 1 saturated carbocycles. The Hall–Kier alpha value is -1.15. The van der Waals surface area contributed by atoms with Crippen LogP contribution in [-0.2, 0) is 10.0 Å². The fourth-order valence-corrected chi connectivity index (χ4v) is 6.13. The minimum absolute atomic E-state index is 0. The fourth-order valence-electron chi connectivity index (χ4n) is 4.55. The number of halogens is 1. The lowest BCUT2D eigenvalue weighted by Gasteiger charge is -2.19. The highest BCUT2D eigenvalue weighted by atomic mass is 35.5. The van der Waals surface area contributed by atoms with E-state index in [0.29, 0.717) is 23.0 Å². The molecule has 150 valence electrons. The molecule has 3 aliphatic rings. The summed E-state index contributed by atoms with van der Waals surface area (Å²) in [4.78, 5) is 15.0. The van der Waals surface area contributed by atoms with Gasteiger partial charge in [-0.3, -0.25) is 4.79 Å². The number of carbonyl (C=O) groups excluding carboxylic acids is 1. The minimum Gasteiger partial charge on any atom is -0.338 e. The number of benzene rings is 1. The Labute approximate surface area is 167 Å². The van der Waals surface area contributed by atoms with E-state index in [2.05, 4.69) is 10.0 Å². The zero-order valence-electron chi connectivity index (χ0n) is 15.6. The lowest BCUT2D eigenvalue weighted by molar-refractivity contribution is 0.0781. The molecular weight excluding hydrogens is 386 g/mol. The predicted octanol–water partition coefficient (Wildman–Crippen LogP) is 1.93. The number of amides is 1. The fraction of sp³-hybridized carbons (Fsp3) is 0.632. The van der Waals surface area contributed by atoms with Crippen molar-refractivity contribution in [3.05, 3.63) is 29.3 Å². The second kappa shape index (κ2) is 8.07. The van der Waals surface area contributed by atoms with Gasteiger partial charge in [0, 0.05) is 37.8 Å². The molecule has 0 spiro atoms. The molecule has 1 aromatic carbocycles. The molecule has 2 N–H and O–H groups in total. The van der Waals surface area contributed by atoms with E-state index in [1.807, 2.05) is 4.90 Å². The van der Waals surface area contributed by atoms with Crippen LogP contribution in [0.5, 0.6) is 0 Å². The Morgan fingerprint density at radius 1 is 1.15 bits per heavy atom. The van der Waals surface area contributed by atoms with Gasteiger partial charge in [0.15, 0.2) is 0 Å². The third-order valence-electron chi connectivity index (χ3n) is 6.08. The summed E-state index contributed by atoms with van der Waals surface area (Å²) in [7, 11) is -3.60. The van der Waals surface area contributed by atoms with E-state index >= 15 is 0 Å². The normalized spacial score (nSPS) is 25.4. The molecule has 0 unspecified atom stereocenters. The Morgan fingerprint density at radius 2 is 1.78 bits per heavy atom. The number of hydrogen-bond donors (Lipinski definition) is 2. The van der Waals surface area contributed by atoms with E-state index in [0.717, 1.165) is 51.9 Å². The number of rotatable bonds is 4. The maximum Gasteiger partial charge on any atom is 0.253 e. The monoisotopic (exact) mass is 413 g/mol. The Kier molecular flexibility index (Phi) is 6.15. The summed E-state index contributed by atoms with van der Waals surface area (Å²) in [6.45, 7) is 5.23. The van der Waals surface area contributed by atoms with Crippen LogP contribution < -0.4 is 10.0 Å². The molecule has 1 aliphatic carbocycles. The first kappa shape index (κ1) is 20.6. The first-order valence-electron chi connectivity index (χ1n) is 9.57. The second-order valence-corrected chi connectivity index (χ2v) is 9.65. The molecule has 8 heteroatoms. The van der Waals surface area contributed by atoms with Crippen LogP contribution in [0, 0.1) is 18.8 Å². The summed E-state index contributed by atoms with van der Waals surface area (Å²) in [6, 6.07) is 5.07. The number of nitrogens with zero attached hydrogens (tertiary/aromatic N) is 1. The van der Waals surface area contributed by atoms with Gasteiger partial charge >= 0.3 is 0 Å². The number of carbonyl (C=O) groups is 1. The van der Waals surface area contributed by atoms with E-state index in [4.69, 9.17) is 0 Å². The van der Waals surface area contributed by atoms with Crippen molar-refractivity contribution >= 4 is 28.3 Å². The quantitative estimate of drug-likeness (QED) is 0.790. The average molecular weight is 414 g/mol. The molecule has 2 heterocycles. The number of aryl methyl sites for hydroxylation is 1. The van der Waals surface area contributed by atoms with Gasteiger partial charge in [-0.1, -0.05) is 18.9 Å². The van der Waals surface area contributed by atoms with Crippen molar-refractivity contribution in [3.8, 4) is 0 Å². The van der Waals surface area contributed by atoms with Crippen molar-refractivity contribution in [2.75, 3.05) is 26.2 Å². The number of nitrogens with one attached hydrogen (secondary N) is 2. The highest BCUT2D eigenvalue weighted by Gasteiger charge is 2.38. The van der Waals surface area contributed by atoms with Gasteiger partial charge in [-0.25, -0.2) is 13.1 Å². The number of fused-ring (bicyclic) bond motifs is 1.